The minimum atomic E-state index is -4.70. The van der Waals surface area contributed by atoms with Gasteiger partial charge in [-0.15, -0.1) is 0 Å². The molecule has 0 saturated carbocycles. The minimum Gasteiger partial charge on any atom is -0.374 e. The smallest absolute Gasteiger partial charge is 0.374 e. The van der Waals surface area contributed by atoms with Crippen LogP contribution in [-0.2, 0) is 32.1 Å². The quantitative estimate of drug-likeness (QED) is 0.372. The highest BCUT2D eigenvalue weighted by Gasteiger charge is 2.56. The lowest BCUT2D eigenvalue weighted by molar-refractivity contribution is -0.164. The molecule has 3 heterocycles. The van der Waals surface area contributed by atoms with Crippen LogP contribution in [0.25, 0.3) is 0 Å². The molecule has 44 heavy (non-hydrogen) atoms. The number of amides is 3. The van der Waals surface area contributed by atoms with Crippen LogP contribution in [0.1, 0.15) is 31.5 Å². The molecule has 2 aromatic rings. The number of alkyl halides is 3. The molecule has 2 aliphatic rings. The van der Waals surface area contributed by atoms with Crippen molar-refractivity contribution < 1.29 is 41.1 Å². The summed E-state index contributed by atoms with van der Waals surface area (Å²) in [5.74, 6) is -3.76. The van der Waals surface area contributed by atoms with Crippen LogP contribution >= 0.6 is 0 Å². The van der Waals surface area contributed by atoms with Crippen LogP contribution in [0.4, 0.5) is 22.0 Å². The fourth-order valence-electron chi connectivity index (χ4n) is 5.03. The van der Waals surface area contributed by atoms with E-state index in [-0.39, 0.29) is 43.8 Å². The molecule has 1 aromatic heterocycles. The summed E-state index contributed by atoms with van der Waals surface area (Å²) in [6.07, 6.45) is -3.32. The summed E-state index contributed by atoms with van der Waals surface area (Å²) in [6, 6.07) is 6.56. The van der Waals surface area contributed by atoms with Gasteiger partial charge in [0.1, 0.15) is 29.6 Å². The second-order valence-corrected chi connectivity index (χ2v) is 11.3. The van der Waals surface area contributed by atoms with Gasteiger partial charge in [-0.3, -0.25) is 19.4 Å². The minimum absolute atomic E-state index is 0.00297. The molecule has 4 rings (SSSR count). The van der Waals surface area contributed by atoms with Gasteiger partial charge < -0.3 is 20.3 Å². The number of ether oxygens (including phenoxy) is 1. The average Bonchev–Trinajstić information content (AvgIpc) is 3.22. The number of rotatable bonds is 11. The van der Waals surface area contributed by atoms with Crippen LogP contribution in [0, 0.1) is 17.0 Å². The van der Waals surface area contributed by atoms with Crippen molar-refractivity contribution in [1.82, 2.24) is 25.5 Å². The number of piperidine rings is 1. The first-order chi connectivity index (χ1) is 20.6. The number of nitrogens with zero attached hydrogens (tertiary/aromatic N) is 4. The summed E-state index contributed by atoms with van der Waals surface area (Å²) >= 11 is 0. The van der Waals surface area contributed by atoms with Crippen molar-refractivity contribution in [1.29, 1.82) is 0 Å². The molecule has 15 heteroatoms. The van der Waals surface area contributed by atoms with Crippen LogP contribution in [-0.4, -0.2) is 89.4 Å². The first-order valence-corrected chi connectivity index (χ1v) is 13.8. The monoisotopic (exact) mass is 624 g/mol. The average molecular weight is 625 g/mol. The van der Waals surface area contributed by atoms with Gasteiger partial charge in [0.05, 0.1) is 24.5 Å². The molecular weight excluding hydrogens is 591 g/mol. The number of nitrogens with one attached hydrogen (secondary N) is 2. The van der Waals surface area contributed by atoms with Gasteiger partial charge in [-0.05, 0) is 39.1 Å². The van der Waals surface area contributed by atoms with Crippen molar-refractivity contribution in [2.75, 3.05) is 33.3 Å². The molecule has 2 N–H and O–H groups in total. The Morgan fingerprint density at radius 1 is 1.16 bits per heavy atom. The van der Waals surface area contributed by atoms with E-state index in [0.29, 0.717) is 16.8 Å². The van der Waals surface area contributed by atoms with E-state index in [4.69, 9.17) is 4.74 Å². The van der Waals surface area contributed by atoms with E-state index in [2.05, 4.69) is 20.7 Å². The van der Waals surface area contributed by atoms with E-state index in [0.717, 1.165) is 6.07 Å². The number of pyridine rings is 1. The highest BCUT2D eigenvalue weighted by molar-refractivity contribution is 6.13. The molecular formula is C29H33F5N6O4. The predicted octanol–water partition coefficient (Wildman–Crippen LogP) is 2.58. The molecule has 0 radical (unpaired) electrons. The zero-order valence-electron chi connectivity index (χ0n) is 24.4. The second kappa shape index (κ2) is 12.9. The van der Waals surface area contributed by atoms with E-state index in [1.54, 1.807) is 39.1 Å². The Morgan fingerprint density at radius 2 is 1.91 bits per heavy atom. The lowest BCUT2D eigenvalue weighted by Crippen LogP contribution is -2.62. The van der Waals surface area contributed by atoms with Crippen molar-refractivity contribution >= 4 is 23.4 Å². The highest BCUT2D eigenvalue weighted by atomic mass is 19.4. The number of carbonyl (C=O) groups is 3. The third kappa shape index (κ3) is 7.38. The molecule has 2 unspecified atom stereocenters. The Bertz CT molecular complexity index is 1420. The Morgan fingerprint density at radius 3 is 2.55 bits per heavy atom. The first-order valence-electron chi connectivity index (χ1n) is 13.8. The Hall–Kier alpha value is -3.98. The Balaban J connectivity index is 1.60. The molecule has 0 spiro atoms. The van der Waals surface area contributed by atoms with Gasteiger partial charge in [0, 0.05) is 49.5 Å². The standard InChI is InChI=1S/C29H33F5N6O4/c1-27(2,35-3)25(42)37-22(15-44-14-18-7-8-19(30)12-21(18)31)24(41)39-11-9-23-28(16-39,13-20-6-4-5-10-36-20)26(43)40(38-23)17-29(32,33)34/h4-8,10,12,22,35H,9,11,13-17H2,1-3H3,(H,37,42). The van der Waals surface area contributed by atoms with Gasteiger partial charge in [-0.1, -0.05) is 12.1 Å². The molecule has 2 atom stereocenters. The summed E-state index contributed by atoms with van der Waals surface area (Å²) in [5.41, 5.74) is -2.06. The normalized spacial score (nSPS) is 19.5. The molecule has 1 saturated heterocycles. The van der Waals surface area contributed by atoms with E-state index in [1.807, 2.05) is 0 Å². The molecule has 1 aromatic carbocycles. The van der Waals surface area contributed by atoms with Gasteiger partial charge in [-0.25, -0.2) is 13.8 Å². The van der Waals surface area contributed by atoms with Crippen LogP contribution in [0.5, 0.6) is 0 Å². The molecule has 0 aliphatic carbocycles. The summed E-state index contributed by atoms with van der Waals surface area (Å²) in [5, 5.41) is 9.87. The van der Waals surface area contributed by atoms with Crippen LogP contribution in [0.2, 0.25) is 0 Å². The summed E-state index contributed by atoms with van der Waals surface area (Å²) in [7, 11) is 1.55. The van der Waals surface area contributed by atoms with Gasteiger partial charge in [-0.2, -0.15) is 18.3 Å². The predicted molar refractivity (Wildman–Crippen MR) is 148 cm³/mol. The van der Waals surface area contributed by atoms with Crippen molar-refractivity contribution in [2.24, 2.45) is 10.5 Å². The maximum atomic E-state index is 14.2. The number of aromatic nitrogens is 1. The third-order valence-corrected chi connectivity index (χ3v) is 7.72. The summed E-state index contributed by atoms with van der Waals surface area (Å²) in [6.45, 7) is 0.504. The Labute approximate surface area is 250 Å². The molecule has 10 nitrogen and oxygen atoms in total. The largest absolute Gasteiger partial charge is 0.408 e. The van der Waals surface area contributed by atoms with Crippen LogP contribution in [0.3, 0.4) is 0 Å². The van der Waals surface area contributed by atoms with Crippen molar-refractivity contribution in [2.45, 2.75) is 51.1 Å². The second-order valence-electron chi connectivity index (χ2n) is 11.3. The number of benzene rings is 1. The lowest BCUT2D eigenvalue weighted by Gasteiger charge is -2.40. The van der Waals surface area contributed by atoms with Crippen molar-refractivity contribution in [3.05, 3.63) is 65.5 Å². The summed E-state index contributed by atoms with van der Waals surface area (Å²) in [4.78, 5) is 46.1. The lowest BCUT2D eigenvalue weighted by atomic mass is 9.74. The zero-order chi connectivity index (χ0) is 32.3. The topological polar surface area (TPSA) is 116 Å². The highest BCUT2D eigenvalue weighted by Crippen LogP contribution is 2.39. The van der Waals surface area contributed by atoms with Gasteiger partial charge in [0.25, 0.3) is 5.91 Å². The van der Waals surface area contributed by atoms with Crippen LogP contribution < -0.4 is 10.6 Å². The maximum absolute atomic E-state index is 14.2. The molecule has 238 valence electrons. The van der Waals surface area contributed by atoms with E-state index < -0.39 is 65.7 Å². The molecule has 0 bridgehead atoms. The van der Waals surface area contributed by atoms with E-state index in [1.165, 1.54) is 17.2 Å². The van der Waals surface area contributed by atoms with Gasteiger partial charge in [0.2, 0.25) is 11.8 Å². The number of hydrogen-bond acceptors (Lipinski definition) is 7. The van der Waals surface area contributed by atoms with Gasteiger partial charge >= 0.3 is 6.18 Å². The number of hydrazone groups is 1. The SMILES string of the molecule is CNC(C)(C)C(=O)NC(COCc1ccc(F)cc1F)C(=O)N1CCC2=NN(CC(F)(F)F)C(=O)C2(Cc2ccccn2)C1. The number of hydrogen-bond donors (Lipinski definition) is 2. The molecule has 1 fully saturated rings. The number of likely N-dealkylation sites (N-methyl/N-ethyl adjacent to an activating group) is 1. The third-order valence-electron chi connectivity index (χ3n) is 7.72. The number of carbonyl (C=O) groups excluding carboxylic acids is 3. The van der Waals surface area contributed by atoms with Crippen molar-refractivity contribution in [3.63, 3.8) is 0 Å². The molecule has 2 aliphatic heterocycles. The van der Waals surface area contributed by atoms with Crippen molar-refractivity contribution in [3.8, 4) is 0 Å². The van der Waals surface area contributed by atoms with E-state index in [9.17, 15) is 36.3 Å². The number of halogens is 5. The fraction of sp³-hybridized carbons (Fsp3) is 0.483. The maximum Gasteiger partial charge on any atom is 0.408 e. The van der Waals surface area contributed by atoms with E-state index >= 15 is 0 Å². The number of fused-ring (bicyclic) bond motifs is 1. The first kappa shape index (κ1) is 32.9. The Kier molecular flexibility index (Phi) is 9.68. The summed E-state index contributed by atoms with van der Waals surface area (Å²) < 4.78 is 73.0. The zero-order valence-corrected chi connectivity index (χ0v) is 24.4. The van der Waals surface area contributed by atoms with Gasteiger partial charge in [0.15, 0.2) is 0 Å². The van der Waals surface area contributed by atoms with Crippen LogP contribution in [0.15, 0.2) is 47.7 Å². The fourth-order valence-corrected chi connectivity index (χ4v) is 5.03. The number of likely N-dealkylation sites (tertiary alicyclic amines) is 1. The molecule has 3 amide bonds.